The van der Waals surface area contributed by atoms with Gasteiger partial charge in [0, 0.05) is 41.5 Å². The molecule has 0 saturated carbocycles. The maximum Gasteiger partial charge on any atom is 0.254 e. The fourth-order valence-corrected chi connectivity index (χ4v) is 6.24. The van der Waals surface area contributed by atoms with Crippen LogP contribution in [0.3, 0.4) is 0 Å². The highest BCUT2D eigenvalue weighted by molar-refractivity contribution is 7.98. The molecule has 1 aliphatic heterocycles. The van der Waals surface area contributed by atoms with Crippen molar-refractivity contribution in [1.29, 1.82) is 0 Å². The lowest BCUT2D eigenvalue weighted by Crippen LogP contribution is -2.50. The molecular weight excluding hydrogens is 388 g/mol. The second kappa shape index (κ2) is 7.72. The van der Waals surface area contributed by atoms with Crippen molar-refractivity contribution >= 4 is 39.0 Å². The summed E-state index contributed by atoms with van der Waals surface area (Å²) in [6, 6.07) is 9.35. The maximum absolute atomic E-state index is 12.9. The molecule has 1 saturated heterocycles. The van der Waals surface area contributed by atoms with Gasteiger partial charge >= 0.3 is 0 Å². The van der Waals surface area contributed by atoms with Crippen LogP contribution in [0.4, 0.5) is 0 Å². The van der Waals surface area contributed by atoms with E-state index in [1.54, 1.807) is 22.7 Å². The minimum absolute atomic E-state index is 0.0255. The summed E-state index contributed by atoms with van der Waals surface area (Å²) in [6.07, 6.45) is 1.98. The highest BCUT2D eigenvalue weighted by Gasteiger charge is 2.31. The quantitative estimate of drug-likeness (QED) is 0.726. The van der Waals surface area contributed by atoms with E-state index in [-0.39, 0.29) is 5.91 Å². The third-order valence-corrected chi connectivity index (χ3v) is 8.60. The van der Waals surface area contributed by atoms with Crippen LogP contribution in [0.25, 0.3) is 0 Å². The van der Waals surface area contributed by atoms with Crippen molar-refractivity contribution in [2.75, 3.05) is 32.4 Å². The standard InChI is InChI=1S/C18H22N2O3S3/c1-13-4-6-15(24-3)12-16(13)18(21)19-8-10-20(11-9-19)26(22,23)17-7-5-14(2)25-17/h4-7,12H,8-11H2,1-3H3. The van der Waals surface area contributed by atoms with Gasteiger partial charge in [-0.05, 0) is 49.9 Å². The van der Waals surface area contributed by atoms with E-state index in [9.17, 15) is 13.2 Å². The molecule has 1 aliphatic rings. The van der Waals surface area contributed by atoms with Gasteiger partial charge in [0.05, 0.1) is 0 Å². The molecule has 1 aromatic heterocycles. The van der Waals surface area contributed by atoms with Crippen molar-refractivity contribution in [2.45, 2.75) is 23.0 Å². The number of piperazine rings is 1. The number of benzene rings is 1. The molecule has 8 heteroatoms. The maximum atomic E-state index is 12.9. The number of nitrogens with zero attached hydrogens (tertiary/aromatic N) is 2. The molecule has 26 heavy (non-hydrogen) atoms. The Hall–Kier alpha value is -1.35. The summed E-state index contributed by atoms with van der Waals surface area (Å²) >= 11 is 2.89. The lowest BCUT2D eigenvalue weighted by atomic mass is 10.1. The fourth-order valence-electron chi connectivity index (χ4n) is 2.94. The molecule has 0 aliphatic carbocycles. The Bertz CT molecular complexity index is 914. The zero-order valence-electron chi connectivity index (χ0n) is 15.1. The first-order chi connectivity index (χ1) is 12.3. The van der Waals surface area contributed by atoms with E-state index in [0.29, 0.717) is 36.0 Å². The number of hydrogen-bond acceptors (Lipinski definition) is 5. The second-order valence-corrected chi connectivity index (χ2v) is 10.6. The minimum atomic E-state index is -3.46. The first-order valence-corrected chi connectivity index (χ1v) is 11.8. The normalized spacial score (nSPS) is 16.0. The molecule has 1 fully saturated rings. The Morgan fingerprint density at radius 1 is 1.08 bits per heavy atom. The van der Waals surface area contributed by atoms with Crippen LogP contribution in [0.1, 0.15) is 20.8 Å². The Morgan fingerprint density at radius 3 is 2.35 bits per heavy atom. The second-order valence-electron chi connectivity index (χ2n) is 6.24. The monoisotopic (exact) mass is 410 g/mol. The number of thioether (sulfide) groups is 1. The van der Waals surface area contributed by atoms with Crippen LogP contribution in [-0.4, -0.2) is 56.0 Å². The van der Waals surface area contributed by atoms with Gasteiger partial charge in [0.25, 0.3) is 15.9 Å². The van der Waals surface area contributed by atoms with Gasteiger partial charge in [-0.2, -0.15) is 4.31 Å². The van der Waals surface area contributed by atoms with Gasteiger partial charge < -0.3 is 4.90 Å². The van der Waals surface area contributed by atoms with E-state index in [2.05, 4.69) is 0 Å². The van der Waals surface area contributed by atoms with Gasteiger partial charge in [-0.25, -0.2) is 8.42 Å². The van der Waals surface area contributed by atoms with Crippen LogP contribution >= 0.6 is 23.1 Å². The lowest BCUT2D eigenvalue weighted by molar-refractivity contribution is 0.0697. The molecule has 0 bridgehead atoms. The van der Waals surface area contributed by atoms with E-state index >= 15 is 0 Å². The molecule has 140 valence electrons. The van der Waals surface area contributed by atoms with Crippen LogP contribution < -0.4 is 0 Å². The molecule has 1 aromatic carbocycles. The summed E-state index contributed by atoms with van der Waals surface area (Å²) in [4.78, 5) is 16.6. The summed E-state index contributed by atoms with van der Waals surface area (Å²) in [5.41, 5.74) is 1.64. The summed E-state index contributed by atoms with van der Waals surface area (Å²) < 4.78 is 27.3. The van der Waals surface area contributed by atoms with Gasteiger partial charge in [0.1, 0.15) is 4.21 Å². The zero-order valence-corrected chi connectivity index (χ0v) is 17.5. The molecule has 0 radical (unpaired) electrons. The van der Waals surface area contributed by atoms with Crippen molar-refractivity contribution < 1.29 is 13.2 Å². The molecule has 2 heterocycles. The molecule has 1 amide bonds. The molecular formula is C18H22N2O3S3. The van der Waals surface area contributed by atoms with Gasteiger partial charge in [-0.1, -0.05) is 6.07 Å². The fraction of sp³-hybridized carbons (Fsp3) is 0.389. The highest BCUT2D eigenvalue weighted by Crippen LogP contribution is 2.26. The van der Waals surface area contributed by atoms with Gasteiger partial charge in [0.2, 0.25) is 0 Å². The van der Waals surface area contributed by atoms with E-state index in [0.717, 1.165) is 15.3 Å². The highest BCUT2D eigenvalue weighted by atomic mass is 32.2. The number of thiophene rings is 1. The van der Waals surface area contributed by atoms with Crippen molar-refractivity contribution in [1.82, 2.24) is 9.21 Å². The van der Waals surface area contributed by atoms with Gasteiger partial charge in [-0.15, -0.1) is 23.1 Å². The summed E-state index contributed by atoms with van der Waals surface area (Å²) in [5, 5.41) is 0. The number of rotatable bonds is 4. The Morgan fingerprint density at radius 2 is 1.77 bits per heavy atom. The van der Waals surface area contributed by atoms with Crippen LogP contribution in [0, 0.1) is 13.8 Å². The Balaban J connectivity index is 1.71. The zero-order chi connectivity index (χ0) is 18.9. The molecule has 0 N–H and O–H groups in total. The van der Waals surface area contributed by atoms with Crippen LogP contribution in [-0.2, 0) is 10.0 Å². The number of sulfonamides is 1. The van der Waals surface area contributed by atoms with Crippen molar-refractivity contribution in [3.05, 3.63) is 46.3 Å². The first kappa shape index (κ1) is 19.4. The molecule has 0 atom stereocenters. The van der Waals surface area contributed by atoms with Crippen LogP contribution in [0.15, 0.2) is 39.4 Å². The van der Waals surface area contributed by atoms with Crippen molar-refractivity contribution in [3.63, 3.8) is 0 Å². The average Bonchev–Trinajstić information content (AvgIpc) is 3.09. The number of carbonyl (C=O) groups excluding carboxylic acids is 1. The van der Waals surface area contributed by atoms with E-state index in [4.69, 9.17) is 0 Å². The molecule has 0 unspecified atom stereocenters. The van der Waals surface area contributed by atoms with Crippen molar-refractivity contribution in [2.24, 2.45) is 0 Å². The van der Waals surface area contributed by atoms with Crippen molar-refractivity contribution in [3.8, 4) is 0 Å². The third-order valence-electron chi connectivity index (χ3n) is 4.51. The van der Waals surface area contributed by atoms with Gasteiger partial charge in [-0.3, -0.25) is 4.79 Å². The largest absolute Gasteiger partial charge is 0.336 e. The molecule has 3 rings (SSSR count). The summed E-state index contributed by atoms with van der Waals surface area (Å²) in [6.45, 7) is 5.29. The number of aryl methyl sites for hydroxylation is 2. The Labute approximate surface area is 163 Å². The van der Waals surface area contributed by atoms with E-state index < -0.39 is 10.0 Å². The minimum Gasteiger partial charge on any atom is -0.336 e. The predicted molar refractivity (Wildman–Crippen MR) is 107 cm³/mol. The van der Waals surface area contributed by atoms with Gasteiger partial charge in [0.15, 0.2) is 0 Å². The number of amides is 1. The van der Waals surface area contributed by atoms with E-state index in [1.165, 1.54) is 15.6 Å². The first-order valence-electron chi connectivity index (χ1n) is 8.33. The summed E-state index contributed by atoms with van der Waals surface area (Å²) in [5.74, 6) is -0.0255. The summed E-state index contributed by atoms with van der Waals surface area (Å²) in [7, 11) is -3.46. The SMILES string of the molecule is CSc1ccc(C)c(C(=O)N2CCN(S(=O)(=O)c3ccc(C)s3)CC2)c1. The lowest BCUT2D eigenvalue weighted by Gasteiger charge is -2.34. The smallest absolute Gasteiger partial charge is 0.254 e. The van der Waals surface area contributed by atoms with E-state index in [1.807, 2.05) is 44.4 Å². The average molecular weight is 411 g/mol. The number of carbonyl (C=O) groups is 1. The number of hydrogen-bond donors (Lipinski definition) is 0. The van der Waals surface area contributed by atoms with Crippen LogP contribution in [0.2, 0.25) is 0 Å². The molecule has 0 spiro atoms. The molecule has 2 aromatic rings. The Kier molecular flexibility index (Phi) is 5.76. The van der Waals surface area contributed by atoms with Crippen LogP contribution in [0.5, 0.6) is 0 Å². The molecule has 5 nitrogen and oxygen atoms in total. The third kappa shape index (κ3) is 3.83. The predicted octanol–water partition coefficient (Wildman–Crippen LogP) is 3.23. The topological polar surface area (TPSA) is 57.7 Å².